The topological polar surface area (TPSA) is 65.7 Å². The molecule has 0 saturated heterocycles. The molecule has 0 aliphatic carbocycles. The lowest BCUT2D eigenvalue weighted by Gasteiger charge is -2.05. The minimum atomic E-state index is -0.683. The van der Waals surface area contributed by atoms with Crippen molar-refractivity contribution in [3.05, 3.63) is 96.0 Å². The predicted molar refractivity (Wildman–Crippen MR) is 120 cm³/mol. The van der Waals surface area contributed by atoms with E-state index in [0.29, 0.717) is 28.4 Å². The maximum atomic E-state index is 14.2. The van der Waals surface area contributed by atoms with Crippen molar-refractivity contribution >= 4 is 24.1 Å². The molecule has 162 valence electrons. The lowest BCUT2D eigenvalue weighted by atomic mass is 10.1. The normalized spacial score (nSPS) is 10.7. The number of furan rings is 1. The molecule has 0 bridgehead atoms. The number of hydrogen-bond acceptors (Lipinski definition) is 5. The highest BCUT2D eigenvalue weighted by Crippen LogP contribution is 2.26. The van der Waals surface area contributed by atoms with Crippen LogP contribution in [0.5, 0.6) is 11.5 Å². The molecule has 32 heavy (non-hydrogen) atoms. The summed E-state index contributed by atoms with van der Waals surface area (Å²) >= 11 is 0. The van der Waals surface area contributed by atoms with Crippen LogP contribution >= 0.6 is 0 Å². The van der Waals surface area contributed by atoms with Crippen LogP contribution in [0.4, 0.5) is 4.39 Å². The summed E-state index contributed by atoms with van der Waals surface area (Å²) in [5.41, 5.74) is 1.87. The van der Waals surface area contributed by atoms with E-state index in [4.69, 9.17) is 13.9 Å². The SMILES string of the molecule is C=C(C)C(=O)Oc1ccc(-c2ccc(/C=C/c3ccc(OC(=O)C(=C)C)c(F)c3)o2)cc1. The van der Waals surface area contributed by atoms with Crippen LogP contribution in [0.15, 0.2) is 83.3 Å². The Hall–Kier alpha value is -4.19. The first kappa shape index (κ1) is 22.5. The van der Waals surface area contributed by atoms with Gasteiger partial charge in [-0.1, -0.05) is 25.3 Å². The van der Waals surface area contributed by atoms with Gasteiger partial charge in [-0.15, -0.1) is 0 Å². The first-order chi connectivity index (χ1) is 15.2. The van der Waals surface area contributed by atoms with E-state index < -0.39 is 17.8 Å². The number of halogens is 1. The van der Waals surface area contributed by atoms with Gasteiger partial charge in [0.25, 0.3) is 0 Å². The molecule has 0 aliphatic rings. The van der Waals surface area contributed by atoms with E-state index in [1.54, 1.807) is 61.5 Å². The van der Waals surface area contributed by atoms with E-state index in [9.17, 15) is 14.0 Å². The number of hydrogen-bond donors (Lipinski definition) is 0. The molecule has 0 amide bonds. The van der Waals surface area contributed by atoms with Gasteiger partial charge >= 0.3 is 11.9 Å². The Labute approximate surface area is 185 Å². The second-order valence-electron chi connectivity index (χ2n) is 7.09. The number of carbonyl (C=O) groups excluding carboxylic acids is 2. The fourth-order valence-electron chi connectivity index (χ4n) is 2.55. The molecule has 5 nitrogen and oxygen atoms in total. The first-order valence-electron chi connectivity index (χ1n) is 9.66. The second-order valence-corrected chi connectivity index (χ2v) is 7.09. The molecule has 0 aliphatic heterocycles. The molecule has 0 spiro atoms. The van der Waals surface area contributed by atoms with Gasteiger partial charge in [-0.3, -0.25) is 0 Å². The Morgan fingerprint density at radius 3 is 2.16 bits per heavy atom. The highest BCUT2D eigenvalue weighted by atomic mass is 19.1. The molecule has 1 aromatic heterocycles. The Bertz CT molecular complexity index is 1220. The fraction of sp³-hybridized carbons (Fsp3) is 0.0769. The van der Waals surface area contributed by atoms with Crippen molar-refractivity contribution in [3.63, 3.8) is 0 Å². The van der Waals surface area contributed by atoms with Gasteiger partial charge in [0.1, 0.15) is 17.3 Å². The summed E-state index contributed by atoms with van der Waals surface area (Å²) in [6.07, 6.45) is 3.37. The number of esters is 2. The summed E-state index contributed by atoms with van der Waals surface area (Å²) in [7, 11) is 0. The lowest BCUT2D eigenvalue weighted by Crippen LogP contribution is -2.09. The van der Waals surface area contributed by atoms with Crippen molar-refractivity contribution in [1.29, 1.82) is 0 Å². The quantitative estimate of drug-likeness (QED) is 0.252. The molecule has 0 N–H and O–H groups in total. The van der Waals surface area contributed by atoms with Crippen LogP contribution < -0.4 is 9.47 Å². The summed E-state index contributed by atoms with van der Waals surface area (Å²) in [6, 6.07) is 14.7. The maximum Gasteiger partial charge on any atom is 0.338 e. The molecule has 1 heterocycles. The van der Waals surface area contributed by atoms with E-state index in [0.717, 1.165) is 5.56 Å². The fourth-order valence-corrected chi connectivity index (χ4v) is 2.55. The third kappa shape index (κ3) is 5.70. The Kier molecular flexibility index (Phi) is 6.85. The molecular weight excluding hydrogens is 411 g/mol. The van der Waals surface area contributed by atoms with Crippen molar-refractivity contribution < 1.29 is 27.9 Å². The molecule has 3 aromatic rings. The van der Waals surface area contributed by atoms with Crippen molar-refractivity contribution in [2.45, 2.75) is 13.8 Å². The Morgan fingerprint density at radius 1 is 0.875 bits per heavy atom. The number of benzene rings is 2. The molecule has 3 rings (SSSR count). The summed E-state index contributed by atoms with van der Waals surface area (Å²) in [4.78, 5) is 23.1. The van der Waals surface area contributed by atoms with Gasteiger partial charge in [0, 0.05) is 16.7 Å². The van der Waals surface area contributed by atoms with Crippen LogP contribution in [0.3, 0.4) is 0 Å². The van der Waals surface area contributed by atoms with Crippen molar-refractivity contribution in [1.82, 2.24) is 0 Å². The average molecular weight is 432 g/mol. The Morgan fingerprint density at radius 2 is 1.53 bits per heavy atom. The van der Waals surface area contributed by atoms with Crippen LogP contribution in [-0.2, 0) is 9.59 Å². The first-order valence-corrected chi connectivity index (χ1v) is 9.66. The smallest absolute Gasteiger partial charge is 0.338 e. The van der Waals surface area contributed by atoms with E-state index in [2.05, 4.69) is 13.2 Å². The van der Waals surface area contributed by atoms with E-state index in [-0.39, 0.29) is 11.3 Å². The van der Waals surface area contributed by atoms with Gasteiger partial charge in [-0.05, 0) is 74.0 Å². The monoisotopic (exact) mass is 432 g/mol. The van der Waals surface area contributed by atoms with Crippen LogP contribution in [0.25, 0.3) is 23.5 Å². The number of rotatable bonds is 7. The molecule has 6 heteroatoms. The van der Waals surface area contributed by atoms with Gasteiger partial charge < -0.3 is 13.9 Å². The third-order valence-corrected chi connectivity index (χ3v) is 4.27. The van der Waals surface area contributed by atoms with Gasteiger partial charge in [-0.25, -0.2) is 14.0 Å². The van der Waals surface area contributed by atoms with Crippen LogP contribution in [0, 0.1) is 5.82 Å². The van der Waals surface area contributed by atoms with Gasteiger partial charge in [0.15, 0.2) is 11.6 Å². The van der Waals surface area contributed by atoms with Crippen LogP contribution in [0.1, 0.15) is 25.2 Å². The van der Waals surface area contributed by atoms with Crippen molar-refractivity contribution in [2.75, 3.05) is 0 Å². The highest BCUT2D eigenvalue weighted by Gasteiger charge is 2.11. The molecule has 0 fully saturated rings. The molecule has 0 saturated carbocycles. The van der Waals surface area contributed by atoms with Crippen LogP contribution in [0.2, 0.25) is 0 Å². The number of ether oxygens (including phenoxy) is 2. The van der Waals surface area contributed by atoms with Crippen LogP contribution in [-0.4, -0.2) is 11.9 Å². The van der Waals surface area contributed by atoms with E-state index in [1.807, 2.05) is 0 Å². The Balaban J connectivity index is 1.68. The predicted octanol–water partition coefficient (Wildman–Crippen LogP) is 6.22. The standard InChI is InChI=1S/C26H21FO5/c1-16(2)25(28)31-21-10-7-19(8-11-21)23-14-12-20(30-23)9-5-18-6-13-24(22(27)15-18)32-26(29)17(3)4/h5-15H,1,3H2,2,4H3/b9-5+. The minimum absolute atomic E-state index is 0.159. The van der Waals surface area contributed by atoms with E-state index in [1.165, 1.54) is 19.1 Å². The summed E-state index contributed by atoms with van der Waals surface area (Å²) in [5, 5.41) is 0. The van der Waals surface area contributed by atoms with Gasteiger partial charge in [-0.2, -0.15) is 0 Å². The van der Waals surface area contributed by atoms with Gasteiger partial charge in [0.2, 0.25) is 0 Å². The largest absolute Gasteiger partial charge is 0.457 e. The van der Waals surface area contributed by atoms with E-state index >= 15 is 0 Å². The molecule has 0 atom stereocenters. The molecule has 0 unspecified atom stereocenters. The second kappa shape index (κ2) is 9.75. The summed E-state index contributed by atoms with van der Waals surface area (Å²) in [6.45, 7) is 10.1. The van der Waals surface area contributed by atoms with Crippen molar-refractivity contribution in [3.8, 4) is 22.8 Å². The summed E-state index contributed by atoms with van der Waals surface area (Å²) < 4.78 is 30.1. The maximum absolute atomic E-state index is 14.2. The zero-order valence-corrected chi connectivity index (χ0v) is 17.7. The molecule has 2 aromatic carbocycles. The minimum Gasteiger partial charge on any atom is -0.457 e. The number of carbonyl (C=O) groups is 2. The highest BCUT2D eigenvalue weighted by molar-refractivity contribution is 5.89. The summed E-state index contributed by atoms with van der Waals surface area (Å²) in [5.74, 6) is -0.388. The zero-order valence-electron chi connectivity index (χ0n) is 17.7. The molecular formula is C26H21FO5. The lowest BCUT2D eigenvalue weighted by molar-refractivity contribution is -0.131. The molecule has 0 radical (unpaired) electrons. The van der Waals surface area contributed by atoms with Gasteiger partial charge in [0.05, 0.1) is 0 Å². The average Bonchev–Trinajstić information content (AvgIpc) is 3.23. The zero-order chi connectivity index (χ0) is 23.3. The van der Waals surface area contributed by atoms with Crippen molar-refractivity contribution in [2.24, 2.45) is 0 Å². The third-order valence-electron chi connectivity index (χ3n) is 4.27.